The first-order valence-corrected chi connectivity index (χ1v) is 6.11. The van der Waals surface area contributed by atoms with Crippen LogP contribution in [-0.4, -0.2) is 8.42 Å². The quantitative estimate of drug-likeness (QED) is 0.667. The molecule has 0 bridgehead atoms. The van der Waals surface area contributed by atoms with Crippen molar-refractivity contribution >= 4 is 31.1 Å². The van der Waals surface area contributed by atoms with Crippen molar-refractivity contribution in [1.29, 1.82) is 0 Å². The van der Waals surface area contributed by atoms with Gasteiger partial charge in [0, 0.05) is 15.6 Å². The normalized spacial score (nSPS) is 11.9. The average Bonchev–Trinajstić information content (AvgIpc) is 2.08. The number of hydrogen-bond donors (Lipinski definition) is 0. The highest BCUT2D eigenvalue weighted by molar-refractivity contribution is 8.13. The Kier molecular flexibility index (Phi) is 2.27. The zero-order valence-corrected chi connectivity index (χ0v) is 8.48. The van der Waals surface area contributed by atoms with E-state index in [0.717, 1.165) is 10.4 Å². The fraction of sp³-hybridized carbons (Fsp3) is 0.333. The molecular weight excluding hydrogens is 204 g/mol. The van der Waals surface area contributed by atoms with Crippen LogP contribution >= 0.6 is 22.0 Å². The van der Waals surface area contributed by atoms with Gasteiger partial charge < -0.3 is 0 Å². The van der Waals surface area contributed by atoms with E-state index in [4.69, 9.17) is 10.7 Å². The predicted molar refractivity (Wildman–Crippen MR) is 46.8 cm³/mol. The van der Waals surface area contributed by atoms with Crippen LogP contribution in [0.1, 0.15) is 10.4 Å². The summed E-state index contributed by atoms with van der Waals surface area (Å²) in [6.45, 7) is 3.48. The number of thiophene rings is 1. The van der Waals surface area contributed by atoms with Crippen LogP contribution in [0.3, 0.4) is 0 Å². The van der Waals surface area contributed by atoms with Crippen molar-refractivity contribution < 1.29 is 8.42 Å². The van der Waals surface area contributed by atoms with Crippen molar-refractivity contribution in [3.8, 4) is 0 Å². The van der Waals surface area contributed by atoms with Crippen LogP contribution in [0, 0.1) is 13.8 Å². The van der Waals surface area contributed by atoms with Crippen LogP contribution in [0.2, 0.25) is 0 Å². The van der Waals surface area contributed by atoms with Gasteiger partial charge >= 0.3 is 0 Å². The highest BCUT2D eigenvalue weighted by atomic mass is 35.7. The molecule has 0 aliphatic heterocycles. The third-order valence-electron chi connectivity index (χ3n) is 1.33. The van der Waals surface area contributed by atoms with E-state index >= 15 is 0 Å². The van der Waals surface area contributed by atoms with Gasteiger partial charge in [-0.15, -0.1) is 11.3 Å². The monoisotopic (exact) mass is 210 g/mol. The third-order valence-corrected chi connectivity index (χ3v) is 4.07. The van der Waals surface area contributed by atoms with E-state index in [9.17, 15) is 8.42 Å². The molecule has 0 radical (unpaired) electrons. The Morgan fingerprint density at radius 1 is 1.45 bits per heavy atom. The zero-order chi connectivity index (χ0) is 8.65. The van der Waals surface area contributed by atoms with E-state index in [2.05, 4.69) is 0 Å². The molecule has 0 aliphatic rings. The van der Waals surface area contributed by atoms with Gasteiger partial charge in [0.1, 0.15) is 0 Å². The summed E-state index contributed by atoms with van der Waals surface area (Å²) in [4.78, 5) is 1.02. The van der Waals surface area contributed by atoms with Crippen molar-refractivity contribution in [3.63, 3.8) is 0 Å². The summed E-state index contributed by atoms with van der Waals surface area (Å²) in [6.07, 6.45) is 0. The largest absolute Gasteiger partial charge is 0.262 e. The van der Waals surface area contributed by atoms with Gasteiger partial charge in [-0.05, 0) is 24.8 Å². The summed E-state index contributed by atoms with van der Waals surface area (Å²) >= 11 is 1.39. The second-order valence-electron chi connectivity index (χ2n) is 2.24. The van der Waals surface area contributed by atoms with E-state index in [1.807, 2.05) is 0 Å². The number of rotatable bonds is 1. The lowest BCUT2D eigenvalue weighted by Crippen LogP contribution is -1.92. The fourth-order valence-electron chi connectivity index (χ4n) is 0.925. The minimum atomic E-state index is -3.54. The number of hydrogen-bond acceptors (Lipinski definition) is 3. The summed E-state index contributed by atoms with van der Waals surface area (Å²) in [5, 5.41) is 1.78. The van der Waals surface area contributed by atoms with Crippen LogP contribution < -0.4 is 0 Å². The summed E-state index contributed by atoms with van der Waals surface area (Å²) in [7, 11) is 1.65. The molecule has 0 spiro atoms. The Bertz CT molecular complexity index is 344. The van der Waals surface area contributed by atoms with Gasteiger partial charge in [0.2, 0.25) is 0 Å². The molecule has 1 aromatic rings. The second-order valence-corrected chi connectivity index (χ2v) is 5.83. The lowest BCUT2D eigenvalue weighted by molar-refractivity contribution is 0.609. The van der Waals surface area contributed by atoms with E-state index in [0.29, 0.717) is 0 Å². The maximum absolute atomic E-state index is 10.9. The fourth-order valence-corrected chi connectivity index (χ4v) is 3.85. The van der Waals surface area contributed by atoms with Crippen molar-refractivity contribution in [2.45, 2.75) is 18.7 Å². The van der Waals surface area contributed by atoms with Crippen LogP contribution in [0.5, 0.6) is 0 Å². The maximum atomic E-state index is 10.9. The molecule has 0 N–H and O–H groups in total. The molecule has 2 nitrogen and oxygen atoms in total. The highest BCUT2D eigenvalue weighted by Gasteiger charge is 2.17. The maximum Gasteiger partial charge on any atom is 0.262 e. The molecule has 1 heterocycles. The van der Waals surface area contributed by atoms with Crippen molar-refractivity contribution in [1.82, 2.24) is 0 Å². The Balaban J connectivity index is 3.45. The van der Waals surface area contributed by atoms with Crippen molar-refractivity contribution in [2.75, 3.05) is 0 Å². The van der Waals surface area contributed by atoms with Gasteiger partial charge in [0.05, 0.1) is 4.90 Å². The topological polar surface area (TPSA) is 34.1 Å². The highest BCUT2D eigenvalue weighted by Crippen LogP contribution is 2.28. The second kappa shape index (κ2) is 2.77. The van der Waals surface area contributed by atoms with Gasteiger partial charge in [0.25, 0.3) is 9.05 Å². The summed E-state index contributed by atoms with van der Waals surface area (Å²) in [5.74, 6) is 0. The molecule has 0 saturated heterocycles. The van der Waals surface area contributed by atoms with Crippen molar-refractivity contribution in [2.24, 2.45) is 0 Å². The van der Waals surface area contributed by atoms with E-state index in [1.54, 1.807) is 19.2 Å². The van der Waals surface area contributed by atoms with E-state index < -0.39 is 9.05 Å². The molecule has 0 atom stereocenters. The summed E-state index contributed by atoms with van der Waals surface area (Å²) < 4.78 is 21.8. The SMILES string of the molecule is Cc1csc(C)c1S(=O)(=O)Cl. The first-order valence-electron chi connectivity index (χ1n) is 2.92. The van der Waals surface area contributed by atoms with Gasteiger partial charge in [-0.1, -0.05) is 0 Å². The molecule has 0 aromatic carbocycles. The van der Waals surface area contributed by atoms with E-state index in [-0.39, 0.29) is 4.90 Å². The minimum absolute atomic E-state index is 0.268. The molecule has 0 fully saturated rings. The Morgan fingerprint density at radius 2 is 2.00 bits per heavy atom. The van der Waals surface area contributed by atoms with Crippen LogP contribution in [0.25, 0.3) is 0 Å². The van der Waals surface area contributed by atoms with Gasteiger partial charge in [-0.25, -0.2) is 8.42 Å². The first kappa shape index (κ1) is 9.03. The molecule has 0 aliphatic carbocycles. The predicted octanol–water partition coefficient (Wildman–Crippen LogP) is 2.29. The molecule has 0 saturated carbocycles. The standard InChI is InChI=1S/C6H7ClO2S2/c1-4-3-10-5(2)6(4)11(7,8)9/h3H,1-2H3. The van der Waals surface area contributed by atoms with E-state index in [1.165, 1.54) is 11.3 Å². The van der Waals surface area contributed by atoms with Crippen LogP contribution in [-0.2, 0) is 9.05 Å². The van der Waals surface area contributed by atoms with Crippen molar-refractivity contribution in [3.05, 3.63) is 15.8 Å². The zero-order valence-electron chi connectivity index (χ0n) is 6.09. The summed E-state index contributed by atoms with van der Waals surface area (Å²) in [6, 6.07) is 0. The molecular formula is C6H7ClO2S2. The van der Waals surface area contributed by atoms with Gasteiger partial charge in [-0.2, -0.15) is 0 Å². The lowest BCUT2D eigenvalue weighted by Gasteiger charge is -1.94. The smallest absolute Gasteiger partial charge is 0.207 e. The van der Waals surface area contributed by atoms with Crippen LogP contribution in [0.15, 0.2) is 10.3 Å². The number of halogens is 1. The Labute approximate surface area is 74.2 Å². The molecule has 5 heteroatoms. The average molecular weight is 211 g/mol. The Hall–Kier alpha value is -0.0600. The molecule has 1 rings (SSSR count). The molecule has 11 heavy (non-hydrogen) atoms. The third kappa shape index (κ3) is 1.75. The van der Waals surface area contributed by atoms with Gasteiger partial charge in [0.15, 0.2) is 0 Å². The number of aryl methyl sites for hydroxylation is 2. The molecule has 1 aromatic heterocycles. The summed E-state index contributed by atoms with van der Waals surface area (Å²) in [5.41, 5.74) is 0.725. The van der Waals surface area contributed by atoms with Gasteiger partial charge in [-0.3, -0.25) is 0 Å². The van der Waals surface area contributed by atoms with Crippen LogP contribution in [0.4, 0.5) is 0 Å². The molecule has 62 valence electrons. The minimum Gasteiger partial charge on any atom is -0.207 e. The molecule has 0 amide bonds. The lowest BCUT2D eigenvalue weighted by atomic mass is 10.3. The Morgan fingerprint density at radius 3 is 2.18 bits per heavy atom. The molecule has 0 unspecified atom stereocenters. The first-order chi connectivity index (χ1) is 4.93.